The van der Waals surface area contributed by atoms with E-state index in [0.717, 1.165) is 13.0 Å². The lowest BCUT2D eigenvalue weighted by Gasteiger charge is -2.12. The Morgan fingerprint density at radius 3 is 2.58 bits per heavy atom. The molecule has 0 amide bonds. The van der Waals surface area contributed by atoms with E-state index in [4.69, 9.17) is 27.1 Å². The number of nitrogens with two attached hydrogens (primary N) is 3. The van der Waals surface area contributed by atoms with Gasteiger partial charge in [-0.2, -0.15) is 0 Å². The molecule has 3 rings (SSSR count). The van der Waals surface area contributed by atoms with Gasteiger partial charge in [0.15, 0.2) is 11.4 Å². The molecule has 2 aromatic heterocycles. The maximum atomic E-state index is 8.42. The molecule has 0 radical (unpaired) electrons. The van der Waals surface area contributed by atoms with Crippen molar-refractivity contribution in [2.24, 2.45) is 5.73 Å². The lowest BCUT2D eigenvalue weighted by atomic mass is 10.0. The number of hydrogen-bond donors (Lipinski definition) is 5. The molecule has 0 aliphatic rings. The Labute approximate surface area is 151 Å². The molecule has 9 nitrogen and oxygen atoms in total. The van der Waals surface area contributed by atoms with Gasteiger partial charge < -0.3 is 27.0 Å². The quantitative estimate of drug-likeness (QED) is 0.433. The molecular weight excluding hydrogens is 332 g/mol. The number of hydrogen-bond acceptors (Lipinski definition) is 9. The Morgan fingerprint density at radius 1 is 1.19 bits per heavy atom. The zero-order valence-corrected chi connectivity index (χ0v) is 14.9. The molecule has 0 aliphatic heterocycles. The minimum atomic E-state index is 0.200. The normalized spacial score (nSPS) is 10.3. The van der Waals surface area contributed by atoms with Crippen LogP contribution in [0, 0.1) is 5.41 Å². The van der Waals surface area contributed by atoms with Crippen molar-refractivity contribution in [1.29, 1.82) is 5.41 Å². The number of nitrogen functional groups attached to an aromatic ring is 2. The first-order valence-electron chi connectivity index (χ1n) is 8.32. The number of nitrogens with zero attached hydrogens (tertiary/aromatic N) is 3. The molecule has 0 atom stereocenters. The minimum Gasteiger partial charge on any atom is -0.383 e. The van der Waals surface area contributed by atoms with E-state index >= 15 is 0 Å². The van der Waals surface area contributed by atoms with Crippen LogP contribution in [0.4, 0.5) is 17.5 Å². The first-order valence-corrected chi connectivity index (χ1v) is 8.32. The third kappa shape index (κ3) is 4.06. The van der Waals surface area contributed by atoms with E-state index in [9.17, 15) is 0 Å². The summed E-state index contributed by atoms with van der Waals surface area (Å²) < 4.78 is 5.13. The molecule has 8 N–H and O–H groups in total. The summed E-state index contributed by atoms with van der Waals surface area (Å²) in [5.74, 6) is 1.09. The molecule has 0 bridgehead atoms. The fourth-order valence-corrected chi connectivity index (χ4v) is 2.20. The Bertz CT molecular complexity index is 888. The second-order valence-corrected chi connectivity index (χ2v) is 5.46. The Kier molecular flexibility index (Phi) is 6.45. The van der Waals surface area contributed by atoms with Crippen molar-refractivity contribution in [1.82, 2.24) is 15.1 Å². The average molecular weight is 356 g/mol. The van der Waals surface area contributed by atoms with E-state index in [1.54, 1.807) is 18.2 Å². The highest BCUT2D eigenvalue weighted by molar-refractivity contribution is 6.17. The molecular formula is C17H24N8O. The van der Waals surface area contributed by atoms with Crippen LogP contribution in [0.3, 0.4) is 0 Å². The summed E-state index contributed by atoms with van der Waals surface area (Å²) in [6.07, 6.45) is 2.46. The third-order valence-electron chi connectivity index (χ3n) is 3.55. The number of nitrogens with one attached hydrogen (secondary N) is 2. The van der Waals surface area contributed by atoms with E-state index in [1.807, 2.05) is 6.92 Å². The largest absolute Gasteiger partial charge is 0.383 e. The monoisotopic (exact) mass is 356 g/mol. The van der Waals surface area contributed by atoms with Crippen molar-refractivity contribution >= 4 is 34.1 Å². The maximum absolute atomic E-state index is 8.42. The maximum Gasteiger partial charge on any atom is 0.174 e. The fourth-order valence-electron chi connectivity index (χ4n) is 2.20. The first kappa shape index (κ1) is 19.1. The number of anilines is 3. The van der Waals surface area contributed by atoms with Crippen LogP contribution >= 0.6 is 0 Å². The number of fused-ring (bicyclic) bond motifs is 1. The molecule has 1 aromatic carbocycles. The number of aromatic nitrogens is 3. The van der Waals surface area contributed by atoms with Gasteiger partial charge in [0.05, 0.1) is 16.7 Å². The van der Waals surface area contributed by atoms with Crippen molar-refractivity contribution < 1.29 is 4.52 Å². The zero-order chi connectivity index (χ0) is 19.1. The lowest BCUT2D eigenvalue weighted by Crippen LogP contribution is -2.13. The fraction of sp³-hybridized carbons (Fsp3) is 0.294. The molecule has 9 heteroatoms. The van der Waals surface area contributed by atoms with Crippen molar-refractivity contribution in [3.63, 3.8) is 0 Å². The molecule has 26 heavy (non-hydrogen) atoms. The van der Waals surface area contributed by atoms with Crippen LogP contribution in [-0.4, -0.2) is 33.9 Å². The van der Waals surface area contributed by atoms with Crippen LogP contribution in [0.25, 0.3) is 11.0 Å². The van der Waals surface area contributed by atoms with Crippen molar-refractivity contribution in [3.8, 4) is 0 Å². The predicted octanol–water partition coefficient (Wildman–Crippen LogP) is 1.99. The third-order valence-corrected chi connectivity index (χ3v) is 3.55. The van der Waals surface area contributed by atoms with Crippen LogP contribution < -0.4 is 22.5 Å². The topological polar surface area (TPSA) is 166 Å². The SMILES string of the molecule is CCCN.CCNc1ncnc(N)c1C(=N)c1ccc2c(N)noc2c1. The highest BCUT2D eigenvalue weighted by Gasteiger charge is 2.17. The Balaban J connectivity index is 0.000000552. The smallest absolute Gasteiger partial charge is 0.174 e. The molecule has 0 spiro atoms. The van der Waals surface area contributed by atoms with E-state index in [1.165, 1.54) is 6.33 Å². The van der Waals surface area contributed by atoms with E-state index in [2.05, 4.69) is 27.4 Å². The van der Waals surface area contributed by atoms with Gasteiger partial charge in [0.2, 0.25) is 0 Å². The summed E-state index contributed by atoms with van der Waals surface area (Å²) in [4.78, 5) is 8.11. The second kappa shape index (κ2) is 8.77. The summed E-state index contributed by atoms with van der Waals surface area (Å²) in [5, 5.41) is 15.9. The van der Waals surface area contributed by atoms with Gasteiger partial charge in [0.25, 0.3) is 0 Å². The van der Waals surface area contributed by atoms with E-state index in [-0.39, 0.29) is 11.5 Å². The van der Waals surface area contributed by atoms with Gasteiger partial charge in [-0.1, -0.05) is 18.1 Å². The summed E-state index contributed by atoms with van der Waals surface area (Å²) >= 11 is 0. The number of rotatable bonds is 5. The summed E-state index contributed by atoms with van der Waals surface area (Å²) in [6.45, 7) is 5.48. The molecule has 0 saturated heterocycles. The highest BCUT2D eigenvalue weighted by Crippen LogP contribution is 2.25. The van der Waals surface area contributed by atoms with Gasteiger partial charge in [0.1, 0.15) is 18.0 Å². The van der Waals surface area contributed by atoms with Gasteiger partial charge in [0, 0.05) is 12.1 Å². The number of benzene rings is 1. The second-order valence-electron chi connectivity index (χ2n) is 5.46. The Morgan fingerprint density at radius 2 is 1.92 bits per heavy atom. The standard InChI is InChI=1S/C14H15N7O.C3H9N/c1-2-18-14-10(13(17)19-6-20-14)11(15)7-3-4-8-9(5-7)22-21-12(8)16;1-2-3-4/h3-6,15H,2H2,1H3,(H2,16,21)(H3,17,18,19,20);2-4H2,1H3. The molecule has 138 valence electrons. The van der Waals surface area contributed by atoms with E-state index in [0.29, 0.717) is 40.3 Å². The summed E-state index contributed by atoms with van der Waals surface area (Å²) in [7, 11) is 0. The van der Waals surface area contributed by atoms with Gasteiger partial charge in [-0.05, 0) is 32.0 Å². The van der Waals surface area contributed by atoms with Crippen LogP contribution in [-0.2, 0) is 0 Å². The predicted molar refractivity (Wildman–Crippen MR) is 104 cm³/mol. The molecule has 0 saturated carbocycles. The van der Waals surface area contributed by atoms with Crippen LogP contribution in [0.1, 0.15) is 31.4 Å². The van der Waals surface area contributed by atoms with Crippen molar-refractivity contribution in [2.75, 3.05) is 29.9 Å². The zero-order valence-electron chi connectivity index (χ0n) is 14.9. The van der Waals surface area contributed by atoms with Crippen LogP contribution in [0.2, 0.25) is 0 Å². The van der Waals surface area contributed by atoms with Gasteiger partial charge in [-0.3, -0.25) is 5.41 Å². The minimum absolute atomic E-state index is 0.200. The Hall–Kier alpha value is -3.20. The summed E-state index contributed by atoms with van der Waals surface area (Å²) in [6, 6.07) is 5.22. The molecule has 0 aliphatic carbocycles. The average Bonchev–Trinajstić information content (AvgIpc) is 3.02. The highest BCUT2D eigenvalue weighted by atomic mass is 16.5. The van der Waals surface area contributed by atoms with Crippen molar-refractivity contribution in [2.45, 2.75) is 20.3 Å². The van der Waals surface area contributed by atoms with Gasteiger partial charge in [-0.15, -0.1) is 0 Å². The lowest BCUT2D eigenvalue weighted by molar-refractivity contribution is 0.460. The van der Waals surface area contributed by atoms with Crippen LogP contribution in [0.5, 0.6) is 0 Å². The van der Waals surface area contributed by atoms with Crippen molar-refractivity contribution in [3.05, 3.63) is 35.7 Å². The first-order chi connectivity index (χ1) is 12.5. The van der Waals surface area contributed by atoms with E-state index < -0.39 is 0 Å². The molecule has 0 unspecified atom stereocenters. The molecule has 0 fully saturated rings. The van der Waals surface area contributed by atoms with Gasteiger partial charge in [-0.25, -0.2) is 9.97 Å². The molecule has 2 heterocycles. The molecule has 3 aromatic rings. The van der Waals surface area contributed by atoms with Crippen LogP contribution in [0.15, 0.2) is 29.0 Å². The summed E-state index contributed by atoms with van der Waals surface area (Å²) in [5.41, 5.74) is 18.4. The van der Waals surface area contributed by atoms with Gasteiger partial charge >= 0.3 is 0 Å².